The van der Waals surface area contributed by atoms with Crippen LogP contribution in [0.3, 0.4) is 0 Å². The molecule has 90 valence electrons. The highest BCUT2D eigenvalue weighted by molar-refractivity contribution is 6.11. The van der Waals surface area contributed by atoms with E-state index in [1.54, 1.807) is 18.2 Å². The molecule has 0 atom stereocenters. The first-order valence-electron chi connectivity index (χ1n) is 5.69. The average molecular weight is 238 g/mol. The van der Waals surface area contributed by atoms with Crippen LogP contribution in [0.5, 0.6) is 0 Å². The van der Waals surface area contributed by atoms with Crippen LogP contribution < -0.4 is 5.32 Å². The van der Waals surface area contributed by atoms with Gasteiger partial charge in [-0.15, -0.1) is 0 Å². The minimum atomic E-state index is -0.248. The van der Waals surface area contributed by atoms with Crippen LogP contribution in [0.4, 0.5) is 0 Å². The molecule has 3 heteroatoms. The normalized spacial score (nSPS) is 9.83. The molecule has 0 radical (unpaired) electrons. The van der Waals surface area contributed by atoms with E-state index in [1.165, 1.54) is 0 Å². The molecule has 0 aliphatic heterocycles. The van der Waals surface area contributed by atoms with Crippen molar-refractivity contribution in [1.82, 2.24) is 5.32 Å². The van der Waals surface area contributed by atoms with Gasteiger partial charge in [0.05, 0.1) is 0 Å². The Hall–Kier alpha value is -2.42. The summed E-state index contributed by atoms with van der Waals surface area (Å²) in [5.41, 5.74) is 2.19. The molecular weight excluding hydrogens is 224 g/mol. The fourth-order valence-electron chi connectivity index (χ4n) is 1.69. The molecular formula is C15H14N2O. The molecule has 2 aromatic rings. The number of amides is 1. The van der Waals surface area contributed by atoms with E-state index in [9.17, 15) is 4.79 Å². The van der Waals surface area contributed by atoms with Crippen molar-refractivity contribution in [2.45, 2.75) is 6.92 Å². The van der Waals surface area contributed by atoms with Crippen LogP contribution >= 0.6 is 0 Å². The maximum atomic E-state index is 12.0. The van der Waals surface area contributed by atoms with Crippen LogP contribution in [0, 0.1) is 12.3 Å². The summed E-state index contributed by atoms with van der Waals surface area (Å²) >= 11 is 0. The fourth-order valence-corrected chi connectivity index (χ4v) is 1.69. The molecule has 1 amide bonds. The zero-order valence-electron chi connectivity index (χ0n) is 10.1. The molecule has 0 aliphatic carbocycles. The van der Waals surface area contributed by atoms with Crippen LogP contribution in [0.1, 0.15) is 21.5 Å². The average Bonchev–Trinajstić information content (AvgIpc) is 2.40. The summed E-state index contributed by atoms with van der Waals surface area (Å²) in [5, 5.41) is 10.4. The first kappa shape index (κ1) is 12.0. The number of hydrogen-bond donors (Lipinski definition) is 2. The first-order valence-corrected chi connectivity index (χ1v) is 5.69. The standard InChI is InChI=1S/C15H14N2O/c1-11-7-5-6-10-13(11)15(18)17-14(16)12-8-3-2-4-9-12/h2-10H,1H3,(H2,16,17,18). The first-order chi connectivity index (χ1) is 8.68. The lowest BCUT2D eigenvalue weighted by Crippen LogP contribution is -2.30. The summed E-state index contributed by atoms with van der Waals surface area (Å²) in [6.45, 7) is 1.88. The lowest BCUT2D eigenvalue weighted by Gasteiger charge is -2.08. The van der Waals surface area contributed by atoms with Crippen LogP contribution in [0.15, 0.2) is 54.6 Å². The second-order valence-corrected chi connectivity index (χ2v) is 4.01. The Labute approximate surface area is 106 Å². The number of rotatable bonds is 2. The van der Waals surface area contributed by atoms with Crippen molar-refractivity contribution >= 4 is 11.7 Å². The van der Waals surface area contributed by atoms with E-state index in [1.807, 2.05) is 43.3 Å². The zero-order valence-corrected chi connectivity index (χ0v) is 10.1. The molecule has 0 aromatic heterocycles. The van der Waals surface area contributed by atoms with E-state index in [0.717, 1.165) is 5.56 Å². The van der Waals surface area contributed by atoms with Crippen LogP contribution in [0.25, 0.3) is 0 Å². The molecule has 0 spiro atoms. The smallest absolute Gasteiger partial charge is 0.257 e. The van der Waals surface area contributed by atoms with Gasteiger partial charge in [-0.1, -0.05) is 48.5 Å². The summed E-state index contributed by atoms with van der Waals surface area (Å²) in [7, 11) is 0. The Morgan fingerprint density at radius 2 is 1.61 bits per heavy atom. The number of hydrogen-bond acceptors (Lipinski definition) is 2. The van der Waals surface area contributed by atoms with Crippen molar-refractivity contribution in [3.8, 4) is 0 Å². The SMILES string of the molecule is Cc1ccccc1C(=O)NC(=N)c1ccccc1. The van der Waals surface area contributed by atoms with Crippen LogP contribution in [0.2, 0.25) is 0 Å². The van der Waals surface area contributed by atoms with E-state index in [-0.39, 0.29) is 11.7 Å². The maximum absolute atomic E-state index is 12.0. The minimum absolute atomic E-state index is 0.115. The van der Waals surface area contributed by atoms with Crippen LogP contribution in [-0.2, 0) is 0 Å². The summed E-state index contributed by atoms with van der Waals surface area (Å²) in [6, 6.07) is 16.5. The molecule has 0 saturated carbocycles. The fraction of sp³-hybridized carbons (Fsp3) is 0.0667. The monoisotopic (exact) mass is 238 g/mol. The number of nitrogens with one attached hydrogen (secondary N) is 2. The van der Waals surface area contributed by atoms with Gasteiger partial charge in [-0.05, 0) is 18.6 Å². The Morgan fingerprint density at radius 3 is 2.28 bits per heavy atom. The van der Waals surface area contributed by atoms with Crippen molar-refractivity contribution in [3.05, 3.63) is 71.3 Å². The topological polar surface area (TPSA) is 53.0 Å². The second kappa shape index (κ2) is 5.27. The molecule has 0 bridgehead atoms. The third-order valence-electron chi connectivity index (χ3n) is 2.69. The quantitative estimate of drug-likeness (QED) is 0.613. The summed E-state index contributed by atoms with van der Waals surface area (Å²) in [5.74, 6) is -0.134. The molecule has 0 aliphatic rings. The predicted molar refractivity (Wildman–Crippen MR) is 71.9 cm³/mol. The predicted octanol–water partition coefficient (Wildman–Crippen LogP) is 2.75. The Morgan fingerprint density at radius 1 is 1.00 bits per heavy atom. The van der Waals surface area contributed by atoms with Crippen molar-refractivity contribution in [2.24, 2.45) is 0 Å². The number of benzene rings is 2. The number of carbonyl (C=O) groups excluding carboxylic acids is 1. The minimum Gasteiger partial charge on any atom is -0.307 e. The molecule has 2 N–H and O–H groups in total. The van der Waals surface area contributed by atoms with Gasteiger partial charge in [-0.2, -0.15) is 0 Å². The molecule has 0 fully saturated rings. The number of amidine groups is 1. The van der Waals surface area contributed by atoms with Crippen molar-refractivity contribution < 1.29 is 4.79 Å². The van der Waals surface area contributed by atoms with Gasteiger partial charge in [0.2, 0.25) is 0 Å². The van der Waals surface area contributed by atoms with E-state index >= 15 is 0 Å². The highest BCUT2D eigenvalue weighted by atomic mass is 16.1. The molecule has 3 nitrogen and oxygen atoms in total. The largest absolute Gasteiger partial charge is 0.307 e. The molecule has 18 heavy (non-hydrogen) atoms. The molecule has 0 saturated heterocycles. The Balaban J connectivity index is 2.14. The summed E-state index contributed by atoms with van der Waals surface area (Å²) in [4.78, 5) is 12.0. The van der Waals surface area contributed by atoms with Gasteiger partial charge in [0.1, 0.15) is 5.84 Å². The second-order valence-electron chi connectivity index (χ2n) is 4.01. The number of aryl methyl sites for hydroxylation is 1. The summed E-state index contributed by atoms with van der Waals surface area (Å²) < 4.78 is 0. The van der Waals surface area contributed by atoms with E-state index in [2.05, 4.69) is 5.32 Å². The molecule has 2 aromatic carbocycles. The van der Waals surface area contributed by atoms with Crippen molar-refractivity contribution in [2.75, 3.05) is 0 Å². The lowest BCUT2D eigenvalue weighted by atomic mass is 10.1. The molecule has 0 unspecified atom stereocenters. The third kappa shape index (κ3) is 2.63. The van der Waals surface area contributed by atoms with Gasteiger partial charge >= 0.3 is 0 Å². The van der Waals surface area contributed by atoms with Gasteiger partial charge in [0, 0.05) is 11.1 Å². The Bertz CT molecular complexity index is 576. The van der Waals surface area contributed by atoms with Crippen molar-refractivity contribution in [3.63, 3.8) is 0 Å². The van der Waals surface area contributed by atoms with Crippen molar-refractivity contribution in [1.29, 1.82) is 5.41 Å². The van der Waals surface area contributed by atoms with Gasteiger partial charge < -0.3 is 5.32 Å². The molecule has 0 heterocycles. The summed E-state index contributed by atoms with van der Waals surface area (Å²) in [6.07, 6.45) is 0. The molecule has 2 rings (SSSR count). The van der Waals surface area contributed by atoms with E-state index in [0.29, 0.717) is 11.1 Å². The van der Waals surface area contributed by atoms with E-state index in [4.69, 9.17) is 5.41 Å². The Kier molecular flexibility index (Phi) is 3.53. The van der Waals surface area contributed by atoms with Gasteiger partial charge in [-0.25, -0.2) is 0 Å². The maximum Gasteiger partial charge on any atom is 0.257 e. The lowest BCUT2D eigenvalue weighted by molar-refractivity contribution is 0.0976. The third-order valence-corrected chi connectivity index (χ3v) is 2.69. The van der Waals surface area contributed by atoms with Crippen LogP contribution in [-0.4, -0.2) is 11.7 Å². The van der Waals surface area contributed by atoms with Gasteiger partial charge in [-0.3, -0.25) is 10.2 Å². The zero-order chi connectivity index (χ0) is 13.0. The van der Waals surface area contributed by atoms with E-state index < -0.39 is 0 Å². The number of carbonyl (C=O) groups is 1. The van der Waals surface area contributed by atoms with Gasteiger partial charge in [0.15, 0.2) is 0 Å². The highest BCUT2D eigenvalue weighted by Crippen LogP contribution is 2.07. The highest BCUT2D eigenvalue weighted by Gasteiger charge is 2.10. The van der Waals surface area contributed by atoms with Gasteiger partial charge in [0.25, 0.3) is 5.91 Å².